The van der Waals surface area contributed by atoms with E-state index in [9.17, 15) is 0 Å². The van der Waals surface area contributed by atoms with Gasteiger partial charge in [0, 0.05) is 0 Å². The van der Waals surface area contributed by atoms with Crippen molar-refractivity contribution in [1.29, 1.82) is 0 Å². The average molecular weight is 217 g/mol. The zero-order valence-corrected chi connectivity index (χ0v) is 9.51. The monoisotopic (exact) mass is 217 g/mol. The fourth-order valence-electron chi connectivity index (χ4n) is 1.51. The molecule has 1 heterocycles. The first-order chi connectivity index (χ1) is 7.81. The summed E-state index contributed by atoms with van der Waals surface area (Å²) in [6.45, 7) is 5.69. The first-order valence-corrected chi connectivity index (χ1v) is 5.36. The van der Waals surface area contributed by atoms with Gasteiger partial charge in [-0.1, -0.05) is 19.1 Å². The highest BCUT2D eigenvalue weighted by molar-refractivity contribution is 5.34. The topological polar surface area (TPSA) is 55.6 Å². The van der Waals surface area contributed by atoms with Gasteiger partial charge in [-0.2, -0.15) is 4.68 Å². The molecule has 0 unspecified atom stereocenters. The van der Waals surface area contributed by atoms with Gasteiger partial charge in [-0.05, 0) is 41.6 Å². The molecule has 0 saturated carbocycles. The number of aromatic nitrogens is 4. The smallest absolute Gasteiger partial charge is 0.170 e. The molecule has 5 heteroatoms. The molecular weight excluding hydrogens is 202 g/mol. The third kappa shape index (κ3) is 2.25. The maximum absolute atomic E-state index is 4.00. The number of nitrogens with zero attached hydrogens (tertiary/aromatic N) is 4. The number of tetrazole rings is 1. The van der Waals surface area contributed by atoms with Gasteiger partial charge in [-0.25, -0.2) is 0 Å². The summed E-state index contributed by atoms with van der Waals surface area (Å²) in [5.41, 5.74) is 2.19. The van der Waals surface area contributed by atoms with Crippen LogP contribution in [0.15, 0.2) is 24.3 Å². The number of nitrogens with one attached hydrogen (secondary N) is 1. The van der Waals surface area contributed by atoms with Crippen molar-refractivity contribution >= 4 is 0 Å². The lowest BCUT2D eigenvalue weighted by molar-refractivity contribution is 0.664. The van der Waals surface area contributed by atoms with Crippen molar-refractivity contribution in [2.24, 2.45) is 0 Å². The quantitative estimate of drug-likeness (QED) is 0.832. The summed E-state index contributed by atoms with van der Waals surface area (Å²) < 4.78 is 1.76. The van der Waals surface area contributed by atoms with Crippen molar-refractivity contribution in [3.05, 3.63) is 35.7 Å². The van der Waals surface area contributed by atoms with Gasteiger partial charge >= 0.3 is 0 Å². The first kappa shape index (κ1) is 10.8. The van der Waals surface area contributed by atoms with Gasteiger partial charge in [0.05, 0.1) is 12.2 Å². The molecule has 0 aliphatic rings. The van der Waals surface area contributed by atoms with Crippen LogP contribution >= 0.6 is 0 Å². The van der Waals surface area contributed by atoms with Gasteiger partial charge < -0.3 is 5.32 Å². The van der Waals surface area contributed by atoms with E-state index in [1.165, 1.54) is 5.56 Å². The molecule has 0 aliphatic carbocycles. The molecule has 1 aromatic heterocycles. The van der Waals surface area contributed by atoms with Crippen LogP contribution < -0.4 is 5.32 Å². The Bertz CT molecular complexity index is 463. The Balaban J connectivity index is 2.29. The van der Waals surface area contributed by atoms with Gasteiger partial charge in [0.25, 0.3) is 0 Å². The van der Waals surface area contributed by atoms with Crippen molar-refractivity contribution in [3.63, 3.8) is 0 Å². The fraction of sp³-hybridized carbons (Fsp3) is 0.364. The minimum Gasteiger partial charge on any atom is -0.310 e. The molecule has 0 atom stereocenters. The summed E-state index contributed by atoms with van der Waals surface area (Å²) in [5.74, 6) is 0.826. The summed E-state index contributed by atoms with van der Waals surface area (Å²) in [5, 5.41) is 14.9. The molecule has 0 aliphatic heterocycles. The normalized spacial score (nSPS) is 10.6. The highest BCUT2D eigenvalue weighted by Crippen LogP contribution is 2.09. The molecule has 16 heavy (non-hydrogen) atoms. The zero-order valence-electron chi connectivity index (χ0n) is 9.51. The molecule has 0 spiro atoms. The number of benzene rings is 1. The lowest BCUT2D eigenvalue weighted by Gasteiger charge is -2.05. The molecule has 2 aromatic rings. The summed E-state index contributed by atoms with van der Waals surface area (Å²) in [7, 11) is 0. The van der Waals surface area contributed by atoms with Crippen LogP contribution in [0, 0.1) is 6.92 Å². The molecule has 0 fully saturated rings. The van der Waals surface area contributed by atoms with Gasteiger partial charge in [-0.3, -0.25) is 0 Å². The van der Waals surface area contributed by atoms with Crippen LogP contribution in [0.5, 0.6) is 0 Å². The molecule has 0 radical (unpaired) electrons. The van der Waals surface area contributed by atoms with Crippen molar-refractivity contribution in [3.8, 4) is 5.69 Å². The van der Waals surface area contributed by atoms with E-state index in [0.29, 0.717) is 6.54 Å². The predicted octanol–water partition coefficient (Wildman–Crippen LogP) is 1.08. The molecule has 1 N–H and O–H groups in total. The van der Waals surface area contributed by atoms with Crippen LogP contribution in [0.1, 0.15) is 18.3 Å². The van der Waals surface area contributed by atoms with Crippen molar-refractivity contribution in [1.82, 2.24) is 25.5 Å². The number of aryl methyl sites for hydroxylation is 1. The van der Waals surface area contributed by atoms with Gasteiger partial charge in [0.2, 0.25) is 0 Å². The Kier molecular flexibility index (Phi) is 3.26. The maximum Gasteiger partial charge on any atom is 0.170 e. The predicted molar refractivity (Wildman–Crippen MR) is 61.3 cm³/mol. The molecule has 0 bridgehead atoms. The lowest BCUT2D eigenvalue weighted by atomic mass is 10.2. The molecule has 5 nitrogen and oxygen atoms in total. The Labute approximate surface area is 94.5 Å². The second kappa shape index (κ2) is 4.85. The van der Waals surface area contributed by atoms with E-state index in [0.717, 1.165) is 18.1 Å². The van der Waals surface area contributed by atoms with E-state index in [1.54, 1.807) is 4.68 Å². The molecule has 2 rings (SSSR count). The van der Waals surface area contributed by atoms with E-state index in [2.05, 4.69) is 46.8 Å². The standard InChI is InChI=1S/C11H15N5/c1-3-12-8-11-13-14-15-16(11)10-6-4-5-9(2)7-10/h4-7,12H,3,8H2,1-2H3. The van der Waals surface area contributed by atoms with Crippen LogP contribution in [0.4, 0.5) is 0 Å². The Morgan fingerprint density at radius 1 is 1.38 bits per heavy atom. The zero-order chi connectivity index (χ0) is 11.4. The second-order valence-electron chi connectivity index (χ2n) is 3.63. The van der Waals surface area contributed by atoms with E-state index in [-0.39, 0.29) is 0 Å². The van der Waals surface area contributed by atoms with Crippen molar-refractivity contribution in [2.45, 2.75) is 20.4 Å². The third-order valence-corrected chi connectivity index (χ3v) is 2.31. The summed E-state index contributed by atoms with van der Waals surface area (Å²) in [6.07, 6.45) is 0. The minimum absolute atomic E-state index is 0.678. The molecular formula is C11H15N5. The van der Waals surface area contributed by atoms with Crippen LogP contribution in [-0.2, 0) is 6.54 Å². The fourth-order valence-corrected chi connectivity index (χ4v) is 1.51. The number of rotatable bonds is 4. The number of hydrogen-bond donors (Lipinski definition) is 1. The second-order valence-corrected chi connectivity index (χ2v) is 3.63. The van der Waals surface area contributed by atoms with Gasteiger partial charge in [0.15, 0.2) is 5.82 Å². The minimum atomic E-state index is 0.678. The summed E-state index contributed by atoms with van der Waals surface area (Å²) >= 11 is 0. The largest absolute Gasteiger partial charge is 0.310 e. The van der Waals surface area contributed by atoms with Crippen LogP contribution in [-0.4, -0.2) is 26.8 Å². The van der Waals surface area contributed by atoms with Crippen molar-refractivity contribution in [2.75, 3.05) is 6.54 Å². The molecule has 0 saturated heterocycles. The van der Waals surface area contributed by atoms with Gasteiger partial charge in [0.1, 0.15) is 0 Å². The highest BCUT2D eigenvalue weighted by atomic mass is 15.5. The Hall–Kier alpha value is -1.75. The SMILES string of the molecule is CCNCc1nnnn1-c1cccc(C)c1. The van der Waals surface area contributed by atoms with Crippen LogP contribution in [0.2, 0.25) is 0 Å². The summed E-state index contributed by atoms with van der Waals surface area (Å²) in [6, 6.07) is 8.12. The van der Waals surface area contributed by atoms with E-state index in [4.69, 9.17) is 0 Å². The maximum atomic E-state index is 4.00. The average Bonchev–Trinajstić information content (AvgIpc) is 2.74. The van der Waals surface area contributed by atoms with E-state index in [1.807, 2.05) is 12.1 Å². The Morgan fingerprint density at radius 3 is 3.00 bits per heavy atom. The van der Waals surface area contributed by atoms with E-state index < -0.39 is 0 Å². The number of hydrogen-bond acceptors (Lipinski definition) is 4. The first-order valence-electron chi connectivity index (χ1n) is 5.36. The third-order valence-electron chi connectivity index (χ3n) is 2.31. The Morgan fingerprint density at radius 2 is 2.25 bits per heavy atom. The molecule has 0 amide bonds. The highest BCUT2D eigenvalue weighted by Gasteiger charge is 2.06. The van der Waals surface area contributed by atoms with Crippen LogP contribution in [0.3, 0.4) is 0 Å². The van der Waals surface area contributed by atoms with Gasteiger partial charge in [-0.15, -0.1) is 5.10 Å². The lowest BCUT2D eigenvalue weighted by Crippen LogP contribution is -2.16. The summed E-state index contributed by atoms with van der Waals surface area (Å²) in [4.78, 5) is 0. The van der Waals surface area contributed by atoms with Crippen LogP contribution in [0.25, 0.3) is 5.69 Å². The van der Waals surface area contributed by atoms with E-state index >= 15 is 0 Å². The molecule has 84 valence electrons. The van der Waals surface area contributed by atoms with Crippen molar-refractivity contribution < 1.29 is 0 Å². The molecule has 1 aromatic carbocycles.